The third kappa shape index (κ3) is 2.98. The van der Waals surface area contributed by atoms with E-state index in [1.54, 1.807) is 6.07 Å². The van der Waals surface area contributed by atoms with Crippen LogP contribution in [0.5, 0.6) is 0 Å². The second-order valence-corrected chi connectivity index (χ2v) is 4.46. The average molecular weight is 279 g/mol. The van der Waals surface area contributed by atoms with E-state index in [-0.39, 0.29) is 24.1 Å². The first-order valence-corrected chi connectivity index (χ1v) is 6.52. The number of nitrogens with zero attached hydrogens (tertiary/aromatic N) is 1. The maximum absolute atomic E-state index is 12.1. The summed E-state index contributed by atoms with van der Waals surface area (Å²) in [4.78, 5) is 36.9. The monoisotopic (exact) mass is 279 g/mol. The second-order valence-electron chi connectivity index (χ2n) is 4.46. The van der Waals surface area contributed by atoms with E-state index in [1.165, 1.54) is 17.2 Å². The van der Waals surface area contributed by atoms with E-state index in [9.17, 15) is 14.4 Å². The van der Waals surface area contributed by atoms with Crippen molar-refractivity contribution in [3.8, 4) is 0 Å². The fraction of sp³-hybridized carbons (Fsp3) is 0.462. The van der Waals surface area contributed by atoms with Crippen molar-refractivity contribution in [3.63, 3.8) is 0 Å². The number of amides is 3. The smallest absolute Gasteiger partial charge is 0.287 e. The van der Waals surface area contributed by atoms with E-state index >= 15 is 0 Å². The summed E-state index contributed by atoms with van der Waals surface area (Å²) in [5.41, 5.74) is 0. The summed E-state index contributed by atoms with van der Waals surface area (Å²) in [6.45, 7) is 2.59. The highest BCUT2D eigenvalue weighted by molar-refractivity contribution is 5.95. The molecule has 1 aliphatic heterocycles. The van der Waals surface area contributed by atoms with E-state index < -0.39 is 11.9 Å². The molecule has 0 bridgehead atoms. The molecule has 1 fully saturated rings. The number of rotatable bonds is 4. The maximum Gasteiger partial charge on any atom is 0.287 e. The Kier molecular flexibility index (Phi) is 4.39. The van der Waals surface area contributed by atoms with Gasteiger partial charge in [0.25, 0.3) is 5.91 Å². The Balaban J connectivity index is 1.91. The van der Waals surface area contributed by atoms with Crippen molar-refractivity contribution < 1.29 is 18.8 Å². The van der Waals surface area contributed by atoms with Crippen molar-refractivity contribution in [2.24, 2.45) is 0 Å². The van der Waals surface area contributed by atoms with Gasteiger partial charge in [-0.15, -0.1) is 0 Å². The molecular formula is C13H17N3O4. The molecule has 0 aliphatic carbocycles. The van der Waals surface area contributed by atoms with Gasteiger partial charge < -0.3 is 20.0 Å². The van der Waals surface area contributed by atoms with Gasteiger partial charge in [0.15, 0.2) is 5.76 Å². The van der Waals surface area contributed by atoms with Crippen LogP contribution in [0.15, 0.2) is 22.8 Å². The molecule has 108 valence electrons. The quantitative estimate of drug-likeness (QED) is 0.794. The third-order valence-electron chi connectivity index (χ3n) is 3.18. The Morgan fingerprint density at radius 3 is 3.00 bits per heavy atom. The first kappa shape index (κ1) is 14.1. The first-order valence-electron chi connectivity index (χ1n) is 6.52. The fourth-order valence-corrected chi connectivity index (χ4v) is 2.17. The Bertz CT molecular complexity index is 498. The Labute approximate surface area is 116 Å². The number of nitrogens with one attached hydrogen (secondary N) is 2. The van der Waals surface area contributed by atoms with Gasteiger partial charge in [0.05, 0.1) is 12.8 Å². The van der Waals surface area contributed by atoms with Crippen LogP contribution in [0, 0.1) is 0 Å². The molecule has 7 nitrogen and oxygen atoms in total. The van der Waals surface area contributed by atoms with Crippen LogP contribution < -0.4 is 10.6 Å². The molecule has 0 radical (unpaired) electrons. The molecule has 1 aliphatic rings. The summed E-state index contributed by atoms with van der Waals surface area (Å²) in [6.07, 6.45) is 1.93. The number of hydrogen-bond donors (Lipinski definition) is 2. The van der Waals surface area contributed by atoms with E-state index in [4.69, 9.17) is 4.42 Å². The van der Waals surface area contributed by atoms with Crippen molar-refractivity contribution in [3.05, 3.63) is 24.2 Å². The maximum atomic E-state index is 12.1. The van der Waals surface area contributed by atoms with Gasteiger partial charge in [0.1, 0.15) is 6.04 Å². The fourth-order valence-electron chi connectivity index (χ4n) is 2.17. The minimum absolute atomic E-state index is 0.149. The van der Waals surface area contributed by atoms with Gasteiger partial charge in [0.2, 0.25) is 11.8 Å². The van der Waals surface area contributed by atoms with Crippen molar-refractivity contribution in [2.75, 3.05) is 19.6 Å². The highest BCUT2D eigenvalue weighted by Gasteiger charge is 2.31. The molecule has 3 amide bonds. The molecule has 1 aromatic heterocycles. The molecule has 20 heavy (non-hydrogen) atoms. The van der Waals surface area contributed by atoms with Gasteiger partial charge in [0, 0.05) is 13.1 Å². The normalized spacial score (nSPS) is 18.6. The Morgan fingerprint density at radius 2 is 2.35 bits per heavy atom. The predicted octanol–water partition coefficient (Wildman–Crippen LogP) is -0.254. The lowest BCUT2D eigenvalue weighted by atomic mass is 10.1. The van der Waals surface area contributed by atoms with Crippen molar-refractivity contribution >= 4 is 17.7 Å². The predicted molar refractivity (Wildman–Crippen MR) is 69.8 cm³/mol. The van der Waals surface area contributed by atoms with Crippen molar-refractivity contribution in [2.45, 2.75) is 19.4 Å². The van der Waals surface area contributed by atoms with Crippen molar-refractivity contribution in [1.29, 1.82) is 0 Å². The molecule has 7 heteroatoms. The number of furan rings is 1. The molecule has 0 saturated carbocycles. The molecule has 0 spiro atoms. The average Bonchev–Trinajstić information content (AvgIpc) is 2.98. The molecule has 2 heterocycles. The summed E-state index contributed by atoms with van der Waals surface area (Å²) in [7, 11) is 0. The van der Waals surface area contributed by atoms with Gasteiger partial charge in [-0.25, -0.2) is 0 Å². The SMILES string of the molecule is CCC1C(=O)NCCN1C(=O)CNC(=O)c1ccco1. The van der Waals surface area contributed by atoms with Crippen LogP contribution in [0.3, 0.4) is 0 Å². The molecule has 2 rings (SSSR count). The second kappa shape index (κ2) is 6.23. The summed E-state index contributed by atoms with van der Waals surface area (Å²) in [5.74, 6) is -0.713. The summed E-state index contributed by atoms with van der Waals surface area (Å²) in [6, 6.07) is 2.65. The minimum atomic E-state index is -0.461. The summed E-state index contributed by atoms with van der Waals surface area (Å²) in [5, 5.41) is 5.21. The summed E-state index contributed by atoms with van der Waals surface area (Å²) >= 11 is 0. The van der Waals surface area contributed by atoms with Gasteiger partial charge >= 0.3 is 0 Å². The van der Waals surface area contributed by atoms with Crippen LogP contribution in [-0.4, -0.2) is 48.3 Å². The van der Waals surface area contributed by atoms with Crippen LogP contribution in [0.1, 0.15) is 23.9 Å². The topological polar surface area (TPSA) is 91.7 Å². The van der Waals surface area contributed by atoms with Gasteiger partial charge in [-0.3, -0.25) is 14.4 Å². The highest BCUT2D eigenvalue weighted by Crippen LogP contribution is 2.08. The lowest BCUT2D eigenvalue weighted by molar-refractivity contribution is -0.142. The van der Waals surface area contributed by atoms with Crippen LogP contribution in [0.25, 0.3) is 0 Å². The molecule has 2 N–H and O–H groups in total. The number of hydrogen-bond acceptors (Lipinski definition) is 4. The van der Waals surface area contributed by atoms with Gasteiger partial charge in [-0.2, -0.15) is 0 Å². The van der Waals surface area contributed by atoms with E-state index in [0.717, 1.165) is 0 Å². The van der Waals surface area contributed by atoms with Crippen molar-refractivity contribution in [1.82, 2.24) is 15.5 Å². The lowest BCUT2D eigenvalue weighted by Crippen LogP contribution is -2.58. The number of carbonyl (C=O) groups excluding carboxylic acids is 3. The van der Waals surface area contributed by atoms with E-state index in [0.29, 0.717) is 19.5 Å². The number of carbonyl (C=O) groups is 3. The Hall–Kier alpha value is -2.31. The molecule has 0 aromatic carbocycles. The largest absolute Gasteiger partial charge is 0.459 e. The van der Waals surface area contributed by atoms with Crippen LogP contribution in [0.2, 0.25) is 0 Å². The Morgan fingerprint density at radius 1 is 1.55 bits per heavy atom. The molecular weight excluding hydrogens is 262 g/mol. The van der Waals surface area contributed by atoms with Gasteiger partial charge in [-0.05, 0) is 18.6 Å². The third-order valence-corrected chi connectivity index (χ3v) is 3.18. The van der Waals surface area contributed by atoms with Gasteiger partial charge in [-0.1, -0.05) is 6.92 Å². The highest BCUT2D eigenvalue weighted by atomic mass is 16.3. The first-order chi connectivity index (χ1) is 9.63. The number of piperazine rings is 1. The van der Waals surface area contributed by atoms with E-state index in [2.05, 4.69) is 10.6 Å². The lowest BCUT2D eigenvalue weighted by Gasteiger charge is -2.34. The van der Waals surface area contributed by atoms with Crippen LogP contribution in [0.4, 0.5) is 0 Å². The van der Waals surface area contributed by atoms with E-state index in [1.807, 2.05) is 6.92 Å². The van der Waals surface area contributed by atoms with Crippen LogP contribution >= 0.6 is 0 Å². The summed E-state index contributed by atoms with van der Waals surface area (Å²) < 4.78 is 4.93. The van der Waals surface area contributed by atoms with Crippen LogP contribution in [-0.2, 0) is 9.59 Å². The zero-order valence-corrected chi connectivity index (χ0v) is 11.2. The standard InChI is InChI=1S/C13H17N3O4/c1-2-9-12(18)14-5-6-16(9)11(17)8-15-13(19)10-4-3-7-20-10/h3-4,7,9H,2,5-6,8H2,1H3,(H,14,18)(H,15,19). The molecule has 1 unspecified atom stereocenters. The molecule has 1 aromatic rings. The minimum Gasteiger partial charge on any atom is -0.459 e. The molecule has 1 atom stereocenters. The molecule has 1 saturated heterocycles. The zero-order valence-electron chi connectivity index (χ0n) is 11.2. The zero-order chi connectivity index (χ0) is 14.5.